The molecule has 146 valence electrons. The number of hydrogen-bond donors (Lipinski definition) is 0. The minimum Gasteiger partial charge on any atom is -0.460 e. The first-order valence-electron chi connectivity index (χ1n) is 8.84. The van der Waals surface area contributed by atoms with Gasteiger partial charge in [0.1, 0.15) is 18.2 Å². The van der Waals surface area contributed by atoms with Crippen molar-refractivity contribution in [3.63, 3.8) is 0 Å². The number of ether oxygens (including phenoxy) is 1. The zero-order valence-corrected chi connectivity index (χ0v) is 16.9. The number of esters is 1. The molecule has 0 saturated heterocycles. The molecule has 0 spiro atoms. The smallest absolute Gasteiger partial charge is 0.348 e. The average molecular weight is 391 g/mol. The maximum atomic E-state index is 12.1. The lowest BCUT2D eigenvalue weighted by atomic mass is 10.1. The zero-order valence-electron chi connectivity index (χ0n) is 16.1. The highest BCUT2D eigenvalue weighted by atomic mass is 35.5. The second kappa shape index (κ2) is 11.1. The van der Waals surface area contributed by atoms with Crippen LogP contribution in [0.1, 0.15) is 19.4 Å². The van der Waals surface area contributed by atoms with E-state index in [2.05, 4.69) is 18.7 Å². The Morgan fingerprint density at radius 2 is 1.93 bits per heavy atom. The molecule has 1 aliphatic heterocycles. The van der Waals surface area contributed by atoms with Crippen molar-refractivity contribution in [2.24, 2.45) is 0 Å². The Balaban J connectivity index is 0.00000364. The molecule has 0 N–H and O–H groups in total. The number of nitriles is 1. The van der Waals surface area contributed by atoms with E-state index in [4.69, 9.17) is 4.74 Å². The number of nitrogens with zero attached hydrogens (tertiary/aromatic N) is 4. The van der Waals surface area contributed by atoms with Crippen LogP contribution in [-0.4, -0.2) is 55.7 Å². The van der Waals surface area contributed by atoms with Crippen molar-refractivity contribution in [2.75, 3.05) is 44.9 Å². The first-order chi connectivity index (χ1) is 12.6. The topological polar surface area (TPSA) is 59.8 Å². The molecule has 0 fully saturated rings. The second-order valence-electron chi connectivity index (χ2n) is 6.08. The Kier molecular flexibility index (Phi) is 9.24. The predicted octanol–water partition coefficient (Wildman–Crippen LogP) is 3.08. The van der Waals surface area contributed by atoms with Crippen molar-refractivity contribution >= 4 is 30.1 Å². The molecule has 0 atom stereocenters. The molecule has 0 unspecified atom stereocenters. The number of hydrogen-bond acceptors (Lipinski definition) is 6. The van der Waals surface area contributed by atoms with Gasteiger partial charge in [0.15, 0.2) is 0 Å². The number of halogens is 1. The Hall–Kier alpha value is -2.65. The molecular weight excluding hydrogens is 364 g/mol. The molecule has 0 saturated carbocycles. The SMILES string of the molecule is CCN(CC)c1ccc(C=C(C#N)C(=O)OCCN2C=CN(C)C2)cc1.Cl. The van der Waals surface area contributed by atoms with Crippen LogP contribution < -0.4 is 4.90 Å². The summed E-state index contributed by atoms with van der Waals surface area (Å²) in [5.41, 5.74) is 1.94. The third-order valence-electron chi connectivity index (χ3n) is 4.22. The summed E-state index contributed by atoms with van der Waals surface area (Å²) < 4.78 is 5.23. The van der Waals surface area contributed by atoms with Crippen LogP contribution >= 0.6 is 12.4 Å². The number of benzene rings is 1. The number of anilines is 1. The van der Waals surface area contributed by atoms with Crippen molar-refractivity contribution in [1.29, 1.82) is 5.26 Å². The standard InChI is InChI=1S/C20H26N4O2.ClH/c1-4-24(5-2)19-8-6-17(7-9-19)14-18(15-21)20(25)26-13-12-23-11-10-22(3)16-23;/h6-11,14H,4-5,12-13,16H2,1-3H3;1H. The average Bonchev–Trinajstić information content (AvgIpc) is 3.07. The van der Waals surface area contributed by atoms with E-state index < -0.39 is 5.97 Å². The minimum absolute atomic E-state index is 0. The summed E-state index contributed by atoms with van der Waals surface area (Å²) in [5, 5.41) is 9.27. The van der Waals surface area contributed by atoms with Crippen molar-refractivity contribution in [2.45, 2.75) is 13.8 Å². The van der Waals surface area contributed by atoms with Crippen LogP contribution in [-0.2, 0) is 9.53 Å². The summed E-state index contributed by atoms with van der Waals surface area (Å²) in [6, 6.07) is 9.74. The highest BCUT2D eigenvalue weighted by molar-refractivity contribution is 5.97. The third kappa shape index (κ3) is 6.54. The lowest BCUT2D eigenvalue weighted by molar-refractivity contribution is -0.138. The molecule has 0 amide bonds. The summed E-state index contributed by atoms with van der Waals surface area (Å²) in [5.74, 6) is -0.586. The van der Waals surface area contributed by atoms with Gasteiger partial charge in [-0.15, -0.1) is 12.4 Å². The van der Waals surface area contributed by atoms with E-state index in [1.807, 2.05) is 59.6 Å². The molecule has 0 radical (unpaired) electrons. The first-order valence-corrected chi connectivity index (χ1v) is 8.84. The van der Waals surface area contributed by atoms with Gasteiger partial charge in [-0.2, -0.15) is 5.26 Å². The molecule has 6 nitrogen and oxygen atoms in total. The van der Waals surface area contributed by atoms with Gasteiger partial charge in [-0.1, -0.05) is 12.1 Å². The zero-order chi connectivity index (χ0) is 18.9. The molecule has 0 aromatic heterocycles. The second-order valence-corrected chi connectivity index (χ2v) is 6.08. The third-order valence-corrected chi connectivity index (χ3v) is 4.22. The van der Waals surface area contributed by atoms with Crippen LogP contribution in [0.3, 0.4) is 0 Å². The molecule has 0 bridgehead atoms. The molecule has 1 aliphatic rings. The fourth-order valence-corrected chi connectivity index (χ4v) is 2.74. The molecule has 1 aromatic rings. The van der Waals surface area contributed by atoms with Gasteiger partial charge in [0, 0.05) is 38.2 Å². The highest BCUT2D eigenvalue weighted by Crippen LogP contribution is 2.17. The maximum Gasteiger partial charge on any atom is 0.348 e. The summed E-state index contributed by atoms with van der Waals surface area (Å²) in [7, 11) is 1.98. The predicted molar refractivity (Wildman–Crippen MR) is 110 cm³/mol. The van der Waals surface area contributed by atoms with E-state index in [1.165, 1.54) is 0 Å². The molecule has 0 aliphatic carbocycles. The van der Waals surface area contributed by atoms with Crippen molar-refractivity contribution in [3.05, 3.63) is 47.8 Å². The number of carbonyl (C=O) groups is 1. The van der Waals surface area contributed by atoms with Gasteiger partial charge in [0.25, 0.3) is 0 Å². The lowest BCUT2D eigenvalue weighted by Crippen LogP contribution is -2.26. The van der Waals surface area contributed by atoms with E-state index in [0.29, 0.717) is 6.54 Å². The Bertz CT molecular complexity index is 706. The maximum absolute atomic E-state index is 12.1. The van der Waals surface area contributed by atoms with Crippen LogP contribution in [0.15, 0.2) is 42.2 Å². The lowest BCUT2D eigenvalue weighted by Gasteiger charge is -2.20. The molecule has 1 heterocycles. The summed E-state index contributed by atoms with van der Waals surface area (Å²) in [6.07, 6.45) is 5.48. The van der Waals surface area contributed by atoms with Gasteiger partial charge in [-0.3, -0.25) is 0 Å². The van der Waals surface area contributed by atoms with Gasteiger partial charge < -0.3 is 19.4 Å². The van der Waals surface area contributed by atoms with Crippen molar-refractivity contribution in [3.8, 4) is 6.07 Å². The Morgan fingerprint density at radius 1 is 1.26 bits per heavy atom. The molecule has 2 rings (SSSR count). The van der Waals surface area contributed by atoms with Crippen LogP contribution in [0.4, 0.5) is 5.69 Å². The van der Waals surface area contributed by atoms with Gasteiger partial charge in [-0.25, -0.2) is 4.79 Å². The highest BCUT2D eigenvalue weighted by Gasteiger charge is 2.13. The number of carbonyl (C=O) groups excluding carboxylic acids is 1. The van der Waals surface area contributed by atoms with Crippen LogP contribution in [0.5, 0.6) is 0 Å². The first kappa shape index (κ1) is 22.4. The van der Waals surface area contributed by atoms with Crippen molar-refractivity contribution < 1.29 is 9.53 Å². The van der Waals surface area contributed by atoms with E-state index in [-0.39, 0.29) is 24.6 Å². The summed E-state index contributed by atoms with van der Waals surface area (Å²) >= 11 is 0. The van der Waals surface area contributed by atoms with Gasteiger partial charge >= 0.3 is 5.97 Å². The Labute approximate surface area is 167 Å². The van der Waals surface area contributed by atoms with Crippen LogP contribution in [0.2, 0.25) is 0 Å². The molecule has 7 heteroatoms. The summed E-state index contributed by atoms with van der Waals surface area (Å²) in [4.78, 5) is 18.4. The van der Waals surface area contributed by atoms with Crippen LogP contribution in [0, 0.1) is 11.3 Å². The van der Waals surface area contributed by atoms with Gasteiger partial charge in [0.05, 0.1) is 13.2 Å². The fourth-order valence-electron chi connectivity index (χ4n) is 2.74. The largest absolute Gasteiger partial charge is 0.460 e. The minimum atomic E-state index is -0.586. The monoisotopic (exact) mass is 390 g/mol. The van der Waals surface area contributed by atoms with Gasteiger partial charge in [-0.05, 0) is 37.6 Å². The van der Waals surface area contributed by atoms with Crippen molar-refractivity contribution in [1.82, 2.24) is 9.80 Å². The molecule has 1 aromatic carbocycles. The normalized spacial score (nSPS) is 13.2. The quantitative estimate of drug-likeness (QED) is 0.386. The van der Waals surface area contributed by atoms with E-state index in [9.17, 15) is 10.1 Å². The molecular formula is C20H27ClN4O2. The Morgan fingerprint density at radius 3 is 2.44 bits per heavy atom. The molecule has 27 heavy (non-hydrogen) atoms. The van der Waals surface area contributed by atoms with Crippen LogP contribution in [0.25, 0.3) is 6.08 Å². The van der Waals surface area contributed by atoms with E-state index in [0.717, 1.165) is 31.0 Å². The fraction of sp³-hybridized carbons (Fsp3) is 0.400. The van der Waals surface area contributed by atoms with E-state index in [1.54, 1.807) is 6.08 Å². The van der Waals surface area contributed by atoms with Gasteiger partial charge in [0.2, 0.25) is 0 Å². The van der Waals surface area contributed by atoms with E-state index >= 15 is 0 Å². The number of rotatable bonds is 8. The summed E-state index contributed by atoms with van der Waals surface area (Å²) in [6.45, 7) is 7.71.